The monoisotopic (exact) mass is 537 g/mol. The van der Waals surface area contributed by atoms with Gasteiger partial charge in [-0.25, -0.2) is 9.59 Å². The summed E-state index contributed by atoms with van der Waals surface area (Å²) >= 11 is 0. The fourth-order valence-corrected chi connectivity index (χ4v) is 4.64. The lowest BCUT2D eigenvalue weighted by molar-refractivity contribution is -0.134. The number of nitrogens with zero attached hydrogens (tertiary/aromatic N) is 4. The van der Waals surface area contributed by atoms with Crippen molar-refractivity contribution < 1.29 is 29.1 Å². The number of ether oxygens (including phenoxy) is 1. The number of piperidine rings is 1. The van der Waals surface area contributed by atoms with E-state index in [4.69, 9.17) is 19.5 Å². The number of aromatic nitrogens is 3. The zero-order valence-corrected chi connectivity index (χ0v) is 22.1. The van der Waals surface area contributed by atoms with Crippen LogP contribution in [0.25, 0.3) is 11.0 Å². The van der Waals surface area contributed by atoms with Gasteiger partial charge in [0, 0.05) is 43.4 Å². The van der Waals surface area contributed by atoms with Crippen LogP contribution in [0.2, 0.25) is 0 Å². The zero-order valence-electron chi connectivity index (χ0n) is 22.1. The zero-order chi connectivity index (χ0) is 27.6. The number of carbonyl (C=O) groups is 2. The maximum Gasteiger partial charge on any atom is 0.328 e. The van der Waals surface area contributed by atoms with E-state index in [9.17, 15) is 9.59 Å². The van der Waals surface area contributed by atoms with Crippen molar-refractivity contribution in [1.82, 2.24) is 20.7 Å². The Hall–Kier alpha value is -3.99. The normalized spacial score (nSPS) is 15.8. The Morgan fingerprint density at radius 1 is 1.10 bits per heavy atom. The smallest absolute Gasteiger partial charge is 0.328 e. The highest BCUT2D eigenvalue weighted by Crippen LogP contribution is 2.34. The molecule has 2 fully saturated rings. The molecular formula is C28H35N5O6. The van der Waals surface area contributed by atoms with Crippen molar-refractivity contribution in [2.45, 2.75) is 45.1 Å². The van der Waals surface area contributed by atoms with Gasteiger partial charge in [-0.3, -0.25) is 0 Å². The Kier molecular flexibility index (Phi) is 9.85. The molecule has 0 unspecified atom stereocenters. The van der Waals surface area contributed by atoms with Crippen LogP contribution in [-0.4, -0.2) is 64.2 Å². The Bertz CT molecular complexity index is 1250. The highest BCUT2D eigenvalue weighted by Gasteiger charge is 2.24. The number of carboxylic acid groups (broad SMARTS) is 2. The van der Waals surface area contributed by atoms with Gasteiger partial charge in [-0.1, -0.05) is 5.16 Å². The fraction of sp³-hybridized carbons (Fsp3) is 0.464. The van der Waals surface area contributed by atoms with Gasteiger partial charge in [0.05, 0.1) is 17.9 Å². The van der Waals surface area contributed by atoms with Crippen LogP contribution in [0.3, 0.4) is 0 Å². The first-order valence-electron chi connectivity index (χ1n) is 13.3. The predicted molar refractivity (Wildman–Crippen MR) is 145 cm³/mol. The van der Waals surface area contributed by atoms with Gasteiger partial charge >= 0.3 is 11.9 Å². The maximum absolute atomic E-state index is 9.55. The van der Waals surface area contributed by atoms with E-state index in [1.807, 2.05) is 19.2 Å². The number of anilines is 1. The van der Waals surface area contributed by atoms with Crippen molar-refractivity contribution in [3.05, 3.63) is 53.9 Å². The molecule has 3 aromatic rings. The molecule has 2 aliphatic rings. The van der Waals surface area contributed by atoms with Crippen molar-refractivity contribution in [2.75, 3.05) is 31.6 Å². The molecule has 1 aliphatic carbocycles. The molecule has 5 rings (SSSR count). The summed E-state index contributed by atoms with van der Waals surface area (Å²) in [6, 6.07) is 8.21. The van der Waals surface area contributed by atoms with E-state index in [0.29, 0.717) is 24.6 Å². The number of aliphatic carboxylic acids is 2. The second kappa shape index (κ2) is 13.7. The van der Waals surface area contributed by atoms with Crippen LogP contribution in [0.1, 0.15) is 43.4 Å². The second-order valence-corrected chi connectivity index (χ2v) is 9.89. The summed E-state index contributed by atoms with van der Waals surface area (Å²) in [7, 11) is 1.95. The van der Waals surface area contributed by atoms with E-state index in [1.54, 1.807) is 6.20 Å². The number of hydrogen-bond acceptors (Lipinski definition) is 9. The number of nitrogens with one attached hydrogen (secondary N) is 1. The average Bonchev–Trinajstić information content (AvgIpc) is 3.69. The Balaban J connectivity index is 0.000000386. The molecule has 39 heavy (non-hydrogen) atoms. The van der Waals surface area contributed by atoms with Gasteiger partial charge in [0.15, 0.2) is 11.4 Å². The molecular weight excluding hydrogens is 502 g/mol. The lowest BCUT2D eigenvalue weighted by Gasteiger charge is -2.32. The molecule has 3 heterocycles. The molecule has 1 saturated carbocycles. The van der Waals surface area contributed by atoms with Crippen molar-refractivity contribution in [2.24, 2.45) is 11.8 Å². The van der Waals surface area contributed by atoms with E-state index in [0.717, 1.165) is 72.2 Å². The molecule has 1 aromatic carbocycles. The molecule has 2 aromatic heterocycles. The fourth-order valence-electron chi connectivity index (χ4n) is 4.64. The molecule has 0 radical (unpaired) electrons. The molecule has 0 bridgehead atoms. The van der Waals surface area contributed by atoms with Crippen LogP contribution in [0.4, 0.5) is 5.82 Å². The molecule has 1 aliphatic heterocycles. The van der Waals surface area contributed by atoms with Crippen molar-refractivity contribution in [1.29, 1.82) is 0 Å². The van der Waals surface area contributed by atoms with Gasteiger partial charge in [-0.15, -0.1) is 5.10 Å². The molecule has 208 valence electrons. The topological polar surface area (TPSA) is 151 Å². The highest BCUT2D eigenvalue weighted by atomic mass is 16.5. The molecule has 3 N–H and O–H groups in total. The van der Waals surface area contributed by atoms with E-state index >= 15 is 0 Å². The maximum atomic E-state index is 9.55. The van der Waals surface area contributed by atoms with E-state index in [2.05, 4.69) is 37.7 Å². The standard InChI is InChI=1S/C24H31N5O2.C4H4O4/c1-25-15-20-22(30-16-18-4-5-18)9-7-19-21(28-31-24(19)20)8-6-17-10-13-29(14-11-17)23-3-2-12-26-27-23;5-3(6)1-2-4(7)8/h2-3,7,9,12,17-18,25H,4-6,8,10-11,13-16H2,1H3;1-2H,(H,5,6)(H,7,8)/b;2-1+. The van der Waals surface area contributed by atoms with Gasteiger partial charge in [-0.05, 0) is 81.7 Å². The highest BCUT2D eigenvalue weighted by molar-refractivity contribution is 5.89. The van der Waals surface area contributed by atoms with E-state index in [1.165, 1.54) is 25.7 Å². The van der Waals surface area contributed by atoms with Crippen LogP contribution < -0.4 is 15.0 Å². The number of hydrogen-bond donors (Lipinski definition) is 3. The quantitative estimate of drug-likeness (QED) is 0.307. The van der Waals surface area contributed by atoms with Crippen molar-refractivity contribution >= 4 is 28.7 Å². The van der Waals surface area contributed by atoms with Crippen LogP contribution in [0, 0.1) is 11.8 Å². The van der Waals surface area contributed by atoms with Gasteiger partial charge in [0.2, 0.25) is 0 Å². The lowest BCUT2D eigenvalue weighted by Crippen LogP contribution is -2.34. The number of rotatable bonds is 11. The number of carboxylic acids is 2. The molecule has 0 amide bonds. The minimum Gasteiger partial charge on any atom is -0.493 e. The average molecular weight is 538 g/mol. The summed E-state index contributed by atoms with van der Waals surface area (Å²) in [5, 5.41) is 32.7. The predicted octanol–water partition coefficient (Wildman–Crippen LogP) is 3.69. The minimum absolute atomic E-state index is 0.558. The SMILES string of the molecule is CNCc1c(OCC2CC2)ccc2c(CCC3CCN(c4cccnn4)CC3)noc12.O=C(O)/C=C/C(=O)O. The number of benzene rings is 1. The Morgan fingerprint density at radius 3 is 2.46 bits per heavy atom. The Labute approximate surface area is 226 Å². The lowest BCUT2D eigenvalue weighted by atomic mass is 9.91. The van der Waals surface area contributed by atoms with Crippen LogP contribution in [0.15, 0.2) is 47.1 Å². The summed E-state index contributed by atoms with van der Waals surface area (Å²) < 4.78 is 11.9. The summed E-state index contributed by atoms with van der Waals surface area (Å²) in [6.45, 7) is 3.59. The molecule has 1 saturated heterocycles. The molecule has 11 nitrogen and oxygen atoms in total. The van der Waals surface area contributed by atoms with Crippen LogP contribution in [0.5, 0.6) is 5.75 Å². The number of aryl methyl sites for hydroxylation is 1. The molecule has 0 atom stereocenters. The summed E-state index contributed by atoms with van der Waals surface area (Å²) in [5.41, 5.74) is 3.02. The third-order valence-corrected chi connectivity index (χ3v) is 6.96. The third-order valence-electron chi connectivity index (χ3n) is 6.96. The molecule has 0 spiro atoms. The van der Waals surface area contributed by atoms with Gasteiger partial charge in [0.25, 0.3) is 0 Å². The minimum atomic E-state index is -1.26. The van der Waals surface area contributed by atoms with Gasteiger partial charge in [0.1, 0.15) is 5.75 Å². The van der Waals surface area contributed by atoms with Crippen molar-refractivity contribution in [3.63, 3.8) is 0 Å². The van der Waals surface area contributed by atoms with Crippen LogP contribution in [-0.2, 0) is 22.6 Å². The van der Waals surface area contributed by atoms with E-state index in [-0.39, 0.29) is 0 Å². The largest absolute Gasteiger partial charge is 0.493 e. The van der Waals surface area contributed by atoms with Gasteiger partial charge < -0.3 is 29.7 Å². The van der Waals surface area contributed by atoms with Gasteiger partial charge in [-0.2, -0.15) is 5.10 Å². The summed E-state index contributed by atoms with van der Waals surface area (Å²) in [6.07, 6.45) is 9.85. The number of fused-ring (bicyclic) bond motifs is 1. The summed E-state index contributed by atoms with van der Waals surface area (Å²) in [5.74, 6) is 0.828. The molecule has 11 heteroatoms. The first kappa shape index (κ1) is 28.0. The Morgan fingerprint density at radius 2 is 1.85 bits per heavy atom. The van der Waals surface area contributed by atoms with E-state index < -0.39 is 11.9 Å². The first-order valence-corrected chi connectivity index (χ1v) is 13.3. The first-order chi connectivity index (χ1) is 18.9. The second-order valence-electron chi connectivity index (χ2n) is 9.89. The van der Waals surface area contributed by atoms with Crippen molar-refractivity contribution in [3.8, 4) is 5.75 Å². The van der Waals surface area contributed by atoms with Crippen LogP contribution >= 0.6 is 0 Å². The third kappa shape index (κ3) is 8.25. The summed E-state index contributed by atoms with van der Waals surface area (Å²) in [4.78, 5) is 21.4.